The molecule has 0 N–H and O–H groups in total. The van der Waals surface area contributed by atoms with Gasteiger partial charge in [-0.2, -0.15) is 0 Å². The van der Waals surface area contributed by atoms with E-state index in [0.29, 0.717) is 12.5 Å². The molecule has 4 aromatic rings. The molecule has 0 aliphatic heterocycles. The lowest BCUT2D eigenvalue weighted by Crippen LogP contribution is -2.16. The van der Waals surface area contributed by atoms with Crippen molar-refractivity contribution in [1.29, 1.82) is 0 Å². The highest BCUT2D eigenvalue weighted by molar-refractivity contribution is 5.79. The number of aryl methyl sites for hydroxylation is 1. The minimum Gasteiger partial charge on any atom is -0.496 e. The summed E-state index contributed by atoms with van der Waals surface area (Å²) in [4.78, 5) is 2.33. The van der Waals surface area contributed by atoms with Gasteiger partial charge in [-0.3, -0.25) is 0 Å². The van der Waals surface area contributed by atoms with Crippen molar-refractivity contribution < 1.29 is 9.47 Å². The van der Waals surface area contributed by atoms with Crippen LogP contribution in [-0.2, 0) is 5.41 Å². The first-order chi connectivity index (χ1) is 25.7. The van der Waals surface area contributed by atoms with Crippen LogP contribution in [0.3, 0.4) is 0 Å². The second kappa shape index (κ2) is 19.9. The first kappa shape index (κ1) is 42.5. The van der Waals surface area contributed by atoms with Gasteiger partial charge in [0.05, 0.1) is 13.7 Å². The Bertz CT molecular complexity index is 1780. The maximum absolute atomic E-state index is 6.57. The zero-order valence-corrected chi connectivity index (χ0v) is 35.5. The van der Waals surface area contributed by atoms with Crippen LogP contribution in [-0.4, -0.2) is 13.7 Å². The number of benzene rings is 4. The lowest BCUT2D eigenvalue weighted by molar-refractivity contribution is 0.275. The molecule has 3 nitrogen and oxygen atoms in total. The van der Waals surface area contributed by atoms with Crippen LogP contribution in [0, 0.1) is 24.2 Å². The molecule has 0 saturated carbocycles. The minimum atomic E-state index is 0.110. The molecule has 0 saturated heterocycles. The summed E-state index contributed by atoms with van der Waals surface area (Å²) in [5.41, 5.74) is 9.45. The summed E-state index contributed by atoms with van der Waals surface area (Å²) in [7, 11) is 1.75. The van der Waals surface area contributed by atoms with Crippen LogP contribution in [0.1, 0.15) is 135 Å². The molecular weight excluding hydrogens is 659 g/mol. The number of rotatable bonds is 20. The van der Waals surface area contributed by atoms with Crippen molar-refractivity contribution in [2.45, 2.75) is 120 Å². The molecule has 0 aliphatic rings. The van der Waals surface area contributed by atoms with Crippen molar-refractivity contribution in [3.8, 4) is 11.5 Å². The van der Waals surface area contributed by atoms with E-state index in [1.807, 2.05) is 0 Å². The van der Waals surface area contributed by atoms with Gasteiger partial charge in [0.1, 0.15) is 11.5 Å². The molecule has 290 valence electrons. The quantitative estimate of drug-likeness (QED) is 0.0846. The van der Waals surface area contributed by atoms with E-state index in [0.717, 1.165) is 76.9 Å². The van der Waals surface area contributed by atoms with Crippen LogP contribution in [0.5, 0.6) is 11.5 Å². The Kier molecular flexibility index (Phi) is 15.7. The smallest absolute Gasteiger partial charge is 0.127 e. The van der Waals surface area contributed by atoms with E-state index in [2.05, 4.69) is 183 Å². The molecule has 0 aliphatic carbocycles. The summed E-state index contributed by atoms with van der Waals surface area (Å²) in [6.45, 7) is 23.5. The molecule has 3 heteroatoms. The van der Waals surface area contributed by atoms with E-state index >= 15 is 0 Å². The molecule has 0 radical (unpaired) electrons. The average Bonchev–Trinajstić information content (AvgIpc) is 3.15. The first-order valence-corrected chi connectivity index (χ1v) is 20.5. The van der Waals surface area contributed by atoms with Crippen molar-refractivity contribution in [2.24, 2.45) is 17.3 Å². The highest BCUT2D eigenvalue weighted by Gasteiger charge is 2.20. The Labute approximate surface area is 329 Å². The third-order valence-corrected chi connectivity index (χ3v) is 11.0. The standard InChI is InChI=1S/C51H69NO2/c1-12-33-50(7,8)34-31-43-36-48(53-11)42(37-49(43)54-35-32-39(5)16-14-15-38(3)4)22-19-41-20-27-46(28-21-41)52(45-25-17-40(6)18-26-45)47-29-23-44(24-30-47)51(9,10)13-2/h17-31,34,36-39H,12-16,32-33,35H2,1-11H3. The van der Waals surface area contributed by atoms with Crippen LogP contribution in [0.25, 0.3) is 18.2 Å². The molecule has 0 fully saturated rings. The van der Waals surface area contributed by atoms with Gasteiger partial charge in [-0.15, -0.1) is 0 Å². The molecule has 54 heavy (non-hydrogen) atoms. The normalized spacial score (nSPS) is 12.9. The molecule has 1 atom stereocenters. The average molecular weight is 728 g/mol. The van der Waals surface area contributed by atoms with E-state index in [1.165, 1.54) is 30.4 Å². The van der Waals surface area contributed by atoms with Crippen molar-refractivity contribution in [1.82, 2.24) is 0 Å². The predicted molar refractivity (Wildman–Crippen MR) is 237 cm³/mol. The SMILES string of the molecule is CCCC(C)(C)C=Cc1cc(OC)c(C=Cc2ccc(N(c3ccc(C)cc3)c3ccc(C(C)(C)CC)cc3)cc2)cc1OCCC(C)CCCC(C)C. The second-order valence-electron chi connectivity index (χ2n) is 17.2. The van der Waals surface area contributed by atoms with Gasteiger partial charge in [0.15, 0.2) is 0 Å². The first-order valence-electron chi connectivity index (χ1n) is 20.5. The zero-order valence-electron chi connectivity index (χ0n) is 35.5. The van der Waals surface area contributed by atoms with Gasteiger partial charge in [-0.05, 0) is 109 Å². The fourth-order valence-electron chi connectivity index (χ4n) is 6.91. The van der Waals surface area contributed by atoms with Crippen molar-refractivity contribution >= 4 is 35.3 Å². The molecule has 0 aromatic heterocycles. The van der Waals surface area contributed by atoms with Crippen LogP contribution < -0.4 is 14.4 Å². The monoisotopic (exact) mass is 728 g/mol. The van der Waals surface area contributed by atoms with E-state index < -0.39 is 0 Å². The van der Waals surface area contributed by atoms with Crippen molar-refractivity contribution in [3.05, 3.63) is 119 Å². The van der Waals surface area contributed by atoms with E-state index in [-0.39, 0.29) is 10.8 Å². The molecule has 4 rings (SSSR count). The summed E-state index contributed by atoms with van der Waals surface area (Å²) >= 11 is 0. The number of allylic oxidation sites excluding steroid dienone is 1. The molecular formula is C51H69NO2. The number of anilines is 3. The van der Waals surface area contributed by atoms with Gasteiger partial charge in [-0.1, -0.05) is 154 Å². The van der Waals surface area contributed by atoms with E-state index in [1.54, 1.807) is 7.11 Å². The number of ether oxygens (including phenoxy) is 2. The number of methoxy groups -OCH3 is 1. The Morgan fingerprint density at radius 3 is 1.83 bits per heavy atom. The Hall–Kier alpha value is -4.24. The number of hydrogen-bond acceptors (Lipinski definition) is 3. The molecule has 4 aromatic carbocycles. The van der Waals surface area contributed by atoms with Crippen LogP contribution in [0.2, 0.25) is 0 Å². The lowest BCUT2D eigenvalue weighted by atomic mass is 9.82. The Morgan fingerprint density at radius 1 is 0.685 bits per heavy atom. The zero-order chi connectivity index (χ0) is 39.3. The molecule has 0 amide bonds. The second-order valence-corrected chi connectivity index (χ2v) is 17.2. The predicted octanol–water partition coefficient (Wildman–Crippen LogP) is 15.4. The summed E-state index contributed by atoms with van der Waals surface area (Å²) in [5, 5.41) is 0. The Morgan fingerprint density at radius 2 is 1.26 bits per heavy atom. The minimum absolute atomic E-state index is 0.110. The topological polar surface area (TPSA) is 21.7 Å². The van der Waals surface area contributed by atoms with E-state index in [9.17, 15) is 0 Å². The summed E-state index contributed by atoms with van der Waals surface area (Å²) in [6, 6.07) is 30.9. The van der Waals surface area contributed by atoms with E-state index in [4.69, 9.17) is 9.47 Å². The number of hydrogen-bond donors (Lipinski definition) is 0. The van der Waals surface area contributed by atoms with Gasteiger partial charge >= 0.3 is 0 Å². The van der Waals surface area contributed by atoms with Crippen molar-refractivity contribution in [3.63, 3.8) is 0 Å². The van der Waals surface area contributed by atoms with Crippen molar-refractivity contribution in [2.75, 3.05) is 18.6 Å². The van der Waals surface area contributed by atoms with Crippen LogP contribution in [0.15, 0.2) is 91.0 Å². The maximum Gasteiger partial charge on any atom is 0.127 e. The number of nitrogens with zero attached hydrogens (tertiary/aromatic N) is 1. The van der Waals surface area contributed by atoms with Gasteiger partial charge in [0.2, 0.25) is 0 Å². The fourth-order valence-corrected chi connectivity index (χ4v) is 6.91. The highest BCUT2D eigenvalue weighted by atomic mass is 16.5. The fraction of sp³-hybridized carbons (Fsp3) is 0.451. The van der Waals surface area contributed by atoms with Gasteiger partial charge in [0.25, 0.3) is 0 Å². The molecule has 0 spiro atoms. The van der Waals surface area contributed by atoms with Crippen LogP contribution >= 0.6 is 0 Å². The highest BCUT2D eigenvalue weighted by Crippen LogP contribution is 2.38. The largest absolute Gasteiger partial charge is 0.496 e. The summed E-state index contributed by atoms with van der Waals surface area (Å²) < 4.78 is 12.5. The maximum atomic E-state index is 6.57. The summed E-state index contributed by atoms with van der Waals surface area (Å²) in [6.07, 6.45) is 17.1. The summed E-state index contributed by atoms with van der Waals surface area (Å²) in [5.74, 6) is 3.15. The lowest BCUT2D eigenvalue weighted by Gasteiger charge is -2.28. The third-order valence-electron chi connectivity index (χ3n) is 11.0. The molecule has 0 heterocycles. The van der Waals surface area contributed by atoms with Gasteiger partial charge in [0, 0.05) is 28.2 Å². The Balaban J connectivity index is 1.61. The molecule has 1 unspecified atom stereocenters. The van der Waals surface area contributed by atoms with Gasteiger partial charge in [-0.25, -0.2) is 0 Å². The third kappa shape index (κ3) is 12.4. The molecule has 0 bridgehead atoms. The van der Waals surface area contributed by atoms with Crippen LogP contribution in [0.4, 0.5) is 17.1 Å². The van der Waals surface area contributed by atoms with Gasteiger partial charge < -0.3 is 14.4 Å².